The molecule has 0 radical (unpaired) electrons. The van der Waals surface area contributed by atoms with Crippen LogP contribution in [0.1, 0.15) is 0 Å². The van der Waals surface area contributed by atoms with Crippen molar-refractivity contribution < 1.29 is 27.6 Å². The van der Waals surface area contributed by atoms with E-state index in [4.69, 9.17) is 5.11 Å². The summed E-state index contributed by atoms with van der Waals surface area (Å²) in [4.78, 5) is 13.1. The molecule has 0 aromatic rings. The molecule has 0 spiro atoms. The monoisotopic (exact) mass is 212 g/mol. The van der Waals surface area contributed by atoms with E-state index in [1.165, 1.54) is 0 Å². The fourth-order valence-electron chi connectivity index (χ4n) is 0.767. The number of carboxylic acids is 1. The molecule has 1 unspecified atom stereocenters. The number of hydrogen-bond acceptors (Lipinski definition) is 3. The first-order valence-electron chi connectivity index (χ1n) is 3.31. The first-order chi connectivity index (χ1) is 6.32. The Morgan fingerprint density at radius 3 is 2.50 bits per heavy atom. The first-order valence-corrected chi connectivity index (χ1v) is 3.31. The van der Waals surface area contributed by atoms with Crippen molar-refractivity contribution in [3.05, 3.63) is 11.8 Å². The fraction of sp³-hybridized carbons (Fsp3) is 0.333. The lowest BCUT2D eigenvalue weighted by atomic mass is 10.2. The van der Waals surface area contributed by atoms with Crippen molar-refractivity contribution in [1.82, 2.24) is 5.12 Å². The number of alkyl halides is 3. The van der Waals surface area contributed by atoms with Crippen LogP contribution in [0.5, 0.6) is 0 Å². The Labute approximate surface area is 75.1 Å². The predicted molar refractivity (Wildman–Crippen MR) is 37.0 cm³/mol. The third-order valence-electron chi connectivity index (χ3n) is 1.40. The number of carboxylic acid groups (broad SMARTS) is 1. The number of aliphatic imine (C=N–C) groups is 1. The second kappa shape index (κ2) is 3.28. The van der Waals surface area contributed by atoms with Gasteiger partial charge in [-0.15, -0.1) is 0 Å². The smallest absolute Gasteiger partial charge is 0.419 e. The molecule has 1 aliphatic heterocycles. The molecule has 8 heteroatoms. The average Bonchev–Trinajstić information content (AvgIpc) is 2.01. The van der Waals surface area contributed by atoms with Gasteiger partial charge in [0, 0.05) is 12.4 Å². The Morgan fingerprint density at radius 1 is 1.57 bits per heavy atom. The normalized spacial score (nSPS) is 22.1. The van der Waals surface area contributed by atoms with Gasteiger partial charge in [0.25, 0.3) is 0 Å². The van der Waals surface area contributed by atoms with E-state index < -0.39 is 29.0 Å². The summed E-state index contributed by atoms with van der Waals surface area (Å²) in [5.74, 6) is -1.67. The van der Waals surface area contributed by atoms with Gasteiger partial charge in [-0.2, -0.15) is 18.3 Å². The van der Waals surface area contributed by atoms with E-state index in [0.717, 1.165) is 0 Å². The molecule has 0 bridgehead atoms. The van der Waals surface area contributed by atoms with Crippen molar-refractivity contribution in [3.63, 3.8) is 0 Å². The standard InChI is InChI=1S/C6H4F4N2O2/c7-6(8,9)3-1-11-4(5(13)14)12(10)2-3/h1-2,4H,(H,13,14). The third-order valence-corrected chi connectivity index (χ3v) is 1.40. The molecule has 78 valence electrons. The maximum atomic E-state index is 12.6. The summed E-state index contributed by atoms with van der Waals surface area (Å²) < 4.78 is 48.5. The molecule has 0 fully saturated rings. The van der Waals surface area contributed by atoms with Crippen LogP contribution in [0.3, 0.4) is 0 Å². The van der Waals surface area contributed by atoms with Crippen LogP contribution in [0, 0.1) is 0 Å². The zero-order valence-corrected chi connectivity index (χ0v) is 6.49. The molecular formula is C6H4F4N2O2. The summed E-state index contributed by atoms with van der Waals surface area (Å²) >= 11 is 0. The van der Waals surface area contributed by atoms with Gasteiger partial charge in [0.15, 0.2) is 0 Å². The maximum absolute atomic E-state index is 12.6. The van der Waals surface area contributed by atoms with Crippen molar-refractivity contribution in [2.75, 3.05) is 0 Å². The van der Waals surface area contributed by atoms with Gasteiger partial charge in [0.05, 0.1) is 5.57 Å². The Kier molecular flexibility index (Phi) is 2.45. The summed E-state index contributed by atoms with van der Waals surface area (Å²) in [6.07, 6.45) is -6.35. The highest BCUT2D eigenvalue weighted by atomic mass is 19.4. The minimum absolute atomic E-state index is 0.0474. The summed E-state index contributed by atoms with van der Waals surface area (Å²) in [5.41, 5.74) is -1.34. The molecule has 0 saturated carbocycles. The molecular weight excluding hydrogens is 208 g/mol. The number of allylic oxidation sites excluding steroid dienone is 1. The molecule has 14 heavy (non-hydrogen) atoms. The molecule has 0 amide bonds. The number of hydrogen-bond donors (Lipinski definition) is 1. The highest BCUT2D eigenvalue weighted by Gasteiger charge is 2.37. The van der Waals surface area contributed by atoms with Gasteiger partial charge in [-0.3, -0.25) is 4.99 Å². The van der Waals surface area contributed by atoms with Crippen LogP contribution in [0.15, 0.2) is 16.8 Å². The largest absolute Gasteiger partial charge is 0.478 e. The molecule has 1 atom stereocenters. The van der Waals surface area contributed by atoms with Crippen LogP contribution in [0.4, 0.5) is 17.7 Å². The second-order valence-electron chi connectivity index (χ2n) is 2.42. The lowest BCUT2D eigenvalue weighted by Gasteiger charge is -2.20. The van der Waals surface area contributed by atoms with Gasteiger partial charge in [-0.05, 0) is 0 Å². The van der Waals surface area contributed by atoms with Crippen LogP contribution in [0.2, 0.25) is 0 Å². The predicted octanol–water partition coefficient (Wildman–Crippen LogP) is 1.11. The quantitative estimate of drug-likeness (QED) is 0.523. The zero-order chi connectivity index (χ0) is 10.9. The van der Waals surface area contributed by atoms with Gasteiger partial charge in [-0.1, -0.05) is 4.48 Å². The van der Waals surface area contributed by atoms with Crippen LogP contribution >= 0.6 is 0 Å². The van der Waals surface area contributed by atoms with E-state index in [-0.39, 0.29) is 12.4 Å². The third kappa shape index (κ3) is 2.01. The Hall–Kier alpha value is -1.60. The van der Waals surface area contributed by atoms with Crippen molar-refractivity contribution in [2.45, 2.75) is 12.3 Å². The van der Waals surface area contributed by atoms with Gasteiger partial charge < -0.3 is 5.11 Å². The SMILES string of the molecule is O=C(O)C1N=CC(C(F)(F)F)=CN1F. The van der Waals surface area contributed by atoms with E-state index >= 15 is 0 Å². The molecule has 0 aromatic heterocycles. The molecule has 1 heterocycles. The Bertz CT molecular complexity index is 309. The lowest BCUT2D eigenvalue weighted by molar-refractivity contribution is -0.148. The lowest BCUT2D eigenvalue weighted by Crippen LogP contribution is -2.35. The topological polar surface area (TPSA) is 52.9 Å². The molecule has 0 aromatic carbocycles. The van der Waals surface area contributed by atoms with Gasteiger partial charge >= 0.3 is 12.1 Å². The number of carbonyl (C=O) groups is 1. The molecule has 1 rings (SSSR count). The van der Waals surface area contributed by atoms with E-state index in [9.17, 15) is 22.4 Å². The summed E-state index contributed by atoms with van der Waals surface area (Å²) in [5, 5.41) is 7.69. The summed E-state index contributed by atoms with van der Waals surface area (Å²) in [6.45, 7) is 0. The van der Waals surface area contributed by atoms with Crippen LogP contribution in [-0.4, -0.2) is 34.8 Å². The Balaban J connectivity index is 2.88. The molecule has 1 N–H and O–H groups in total. The van der Waals surface area contributed by atoms with Crippen LogP contribution in [-0.2, 0) is 4.79 Å². The van der Waals surface area contributed by atoms with E-state index in [1.807, 2.05) is 0 Å². The second-order valence-corrected chi connectivity index (χ2v) is 2.42. The Morgan fingerprint density at radius 2 is 2.14 bits per heavy atom. The van der Waals surface area contributed by atoms with Crippen molar-refractivity contribution in [2.24, 2.45) is 4.99 Å². The number of nitrogens with zero attached hydrogens (tertiary/aromatic N) is 2. The molecule has 0 saturated heterocycles. The van der Waals surface area contributed by atoms with E-state index in [2.05, 4.69) is 4.99 Å². The van der Waals surface area contributed by atoms with Crippen LogP contribution in [0.25, 0.3) is 0 Å². The van der Waals surface area contributed by atoms with E-state index in [1.54, 1.807) is 0 Å². The summed E-state index contributed by atoms with van der Waals surface area (Å²) in [7, 11) is 0. The minimum Gasteiger partial charge on any atom is -0.478 e. The summed E-state index contributed by atoms with van der Waals surface area (Å²) in [6, 6.07) is 0. The molecule has 0 aliphatic carbocycles. The molecule has 1 aliphatic rings. The van der Waals surface area contributed by atoms with Crippen molar-refractivity contribution in [1.29, 1.82) is 0 Å². The van der Waals surface area contributed by atoms with Gasteiger partial charge in [-0.25, -0.2) is 4.79 Å². The molecule has 4 nitrogen and oxygen atoms in total. The number of halogens is 4. The minimum atomic E-state index is -4.74. The fourth-order valence-corrected chi connectivity index (χ4v) is 0.767. The number of rotatable bonds is 1. The highest BCUT2D eigenvalue weighted by Crippen LogP contribution is 2.27. The van der Waals surface area contributed by atoms with E-state index in [0.29, 0.717) is 0 Å². The van der Waals surface area contributed by atoms with Gasteiger partial charge in [0.2, 0.25) is 6.17 Å². The highest BCUT2D eigenvalue weighted by molar-refractivity contribution is 5.85. The van der Waals surface area contributed by atoms with Crippen molar-refractivity contribution in [3.8, 4) is 0 Å². The van der Waals surface area contributed by atoms with Crippen molar-refractivity contribution >= 4 is 12.2 Å². The number of aliphatic carboxylic acids is 1. The van der Waals surface area contributed by atoms with Gasteiger partial charge in [0.1, 0.15) is 0 Å². The zero-order valence-electron chi connectivity index (χ0n) is 6.49. The van der Waals surface area contributed by atoms with Crippen LogP contribution < -0.4 is 0 Å². The first kappa shape index (κ1) is 10.5. The maximum Gasteiger partial charge on any atom is 0.419 e. The average molecular weight is 212 g/mol.